The van der Waals surface area contributed by atoms with E-state index in [1.807, 2.05) is 0 Å². The molecule has 2 rings (SSSR count). The summed E-state index contributed by atoms with van der Waals surface area (Å²) in [6, 6.07) is 0. The molecule has 0 N–H and O–H groups in total. The first-order valence-corrected chi connectivity index (χ1v) is 6.90. The van der Waals surface area contributed by atoms with Crippen LogP contribution in [0.2, 0.25) is 5.15 Å². The molecule has 108 valence electrons. The van der Waals surface area contributed by atoms with Crippen molar-refractivity contribution in [3.05, 3.63) is 66.3 Å². The van der Waals surface area contributed by atoms with Crippen molar-refractivity contribution >= 4 is 23.1 Å². The number of halogens is 1. The van der Waals surface area contributed by atoms with E-state index in [-0.39, 0.29) is 5.91 Å². The predicted molar refractivity (Wildman–Crippen MR) is 84.7 cm³/mol. The molecule has 4 nitrogen and oxygen atoms in total. The van der Waals surface area contributed by atoms with E-state index in [1.54, 1.807) is 23.1 Å². The van der Waals surface area contributed by atoms with E-state index in [1.165, 1.54) is 6.08 Å². The fourth-order valence-electron chi connectivity index (χ4n) is 2.19. The van der Waals surface area contributed by atoms with Crippen LogP contribution in [0.15, 0.2) is 44.0 Å². The molecule has 1 aliphatic heterocycles. The highest BCUT2D eigenvalue weighted by molar-refractivity contribution is 6.30. The Morgan fingerprint density at radius 3 is 2.62 bits per heavy atom. The second kappa shape index (κ2) is 6.50. The van der Waals surface area contributed by atoms with Gasteiger partial charge in [0, 0.05) is 17.7 Å². The Morgan fingerprint density at radius 2 is 2.00 bits per heavy atom. The van der Waals surface area contributed by atoms with Gasteiger partial charge in [0.25, 0.3) is 0 Å². The molecule has 1 aliphatic rings. The summed E-state index contributed by atoms with van der Waals surface area (Å²) in [5.74, 6) is 0.379. The molecule has 0 unspecified atom stereocenters. The molecule has 0 aromatic carbocycles. The maximum absolute atomic E-state index is 11.7. The quantitative estimate of drug-likeness (QED) is 0.488. The highest BCUT2D eigenvalue weighted by Crippen LogP contribution is 2.25. The molecule has 0 bridgehead atoms. The average molecular weight is 302 g/mol. The Labute approximate surface area is 129 Å². The van der Waals surface area contributed by atoms with Crippen molar-refractivity contribution in [1.29, 1.82) is 0 Å². The van der Waals surface area contributed by atoms with Crippen LogP contribution in [0, 0.1) is 0 Å². The minimum atomic E-state index is -0.109. The molecule has 2 heterocycles. The molecule has 0 atom stereocenters. The van der Waals surface area contributed by atoms with Gasteiger partial charge in [0.05, 0.1) is 12.2 Å². The summed E-state index contributed by atoms with van der Waals surface area (Å²) in [4.78, 5) is 22.2. The standard InChI is InChI=1S/C16H16ClN3O/c1-4-7-11(5-2)16-18-13-10-20(14(21)6-3)9-8-12(13)15(17)19-16/h4-7H,1-3,8-10H2/b11-7+. The number of hydrogen-bond donors (Lipinski definition) is 0. The van der Waals surface area contributed by atoms with Crippen LogP contribution < -0.4 is 0 Å². The number of allylic oxidation sites excluding steroid dienone is 4. The first kappa shape index (κ1) is 15.2. The van der Waals surface area contributed by atoms with E-state index in [2.05, 4.69) is 29.7 Å². The van der Waals surface area contributed by atoms with Gasteiger partial charge in [-0.15, -0.1) is 0 Å². The number of rotatable bonds is 4. The monoisotopic (exact) mass is 301 g/mol. The first-order valence-electron chi connectivity index (χ1n) is 6.52. The molecule has 0 aliphatic carbocycles. The number of carbonyl (C=O) groups excluding carboxylic acids is 1. The highest BCUT2D eigenvalue weighted by atomic mass is 35.5. The van der Waals surface area contributed by atoms with Crippen LogP contribution in [0.4, 0.5) is 0 Å². The van der Waals surface area contributed by atoms with Crippen molar-refractivity contribution in [3.63, 3.8) is 0 Å². The summed E-state index contributed by atoms with van der Waals surface area (Å²) < 4.78 is 0. The molecule has 1 amide bonds. The zero-order valence-corrected chi connectivity index (χ0v) is 12.4. The normalized spacial score (nSPS) is 14.3. The number of carbonyl (C=O) groups is 1. The third-order valence-corrected chi connectivity index (χ3v) is 3.59. The SMILES string of the molecule is C=C/C=C(\C=C)c1nc(Cl)c2c(n1)CN(C(=O)C=C)CC2. The van der Waals surface area contributed by atoms with Crippen molar-refractivity contribution < 1.29 is 4.79 Å². The fourth-order valence-corrected chi connectivity index (χ4v) is 2.48. The summed E-state index contributed by atoms with van der Waals surface area (Å²) in [5.41, 5.74) is 2.40. The molecule has 1 aromatic rings. The van der Waals surface area contributed by atoms with Crippen LogP contribution in [0.1, 0.15) is 17.1 Å². The Hall–Kier alpha value is -2.20. The van der Waals surface area contributed by atoms with Crippen molar-refractivity contribution in [2.24, 2.45) is 0 Å². The van der Waals surface area contributed by atoms with Gasteiger partial charge in [-0.05, 0) is 12.5 Å². The average Bonchev–Trinajstić information content (AvgIpc) is 2.51. The highest BCUT2D eigenvalue weighted by Gasteiger charge is 2.23. The first-order chi connectivity index (χ1) is 10.1. The van der Waals surface area contributed by atoms with Gasteiger partial charge in [-0.1, -0.05) is 49.6 Å². The number of amides is 1. The second-order valence-electron chi connectivity index (χ2n) is 4.54. The predicted octanol–water partition coefficient (Wildman–Crippen LogP) is 2.96. The van der Waals surface area contributed by atoms with Crippen molar-refractivity contribution in [1.82, 2.24) is 14.9 Å². The van der Waals surface area contributed by atoms with E-state index in [0.29, 0.717) is 30.5 Å². The van der Waals surface area contributed by atoms with Gasteiger partial charge in [0.2, 0.25) is 5.91 Å². The third kappa shape index (κ3) is 3.11. The van der Waals surface area contributed by atoms with Crippen LogP contribution >= 0.6 is 11.6 Å². The molecule has 0 radical (unpaired) electrons. The number of fused-ring (bicyclic) bond motifs is 1. The summed E-state index contributed by atoms with van der Waals surface area (Å²) in [6.45, 7) is 11.9. The lowest BCUT2D eigenvalue weighted by atomic mass is 10.1. The Balaban J connectivity index is 2.43. The fraction of sp³-hybridized carbons (Fsp3) is 0.188. The van der Waals surface area contributed by atoms with Crippen molar-refractivity contribution in [2.75, 3.05) is 6.54 Å². The van der Waals surface area contributed by atoms with Gasteiger partial charge in [-0.25, -0.2) is 9.97 Å². The molecule has 5 heteroatoms. The summed E-state index contributed by atoms with van der Waals surface area (Å²) >= 11 is 6.25. The Morgan fingerprint density at radius 1 is 1.24 bits per heavy atom. The van der Waals surface area contributed by atoms with E-state index < -0.39 is 0 Å². The number of nitrogens with zero attached hydrogens (tertiary/aromatic N) is 3. The van der Waals surface area contributed by atoms with E-state index >= 15 is 0 Å². The lowest BCUT2D eigenvalue weighted by Crippen LogP contribution is -2.35. The maximum Gasteiger partial charge on any atom is 0.246 e. The van der Waals surface area contributed by atoms with E-state index in [4.69, 9.17) is 11.6 Å². The maximum atomic E-state index is 11.7. The lowest BCUT2D eigenvalue weighted by molar-refractivity contribution is -0.126. The number of aromatic nitrogens is 2. The summed E-state index contributed by atoms with van der Waals surface area (Å²) in [6.07, 6.45) is 7.00. The van der Waals surface area contributed by atoms with Gasteiger partial charge in [-0.2, -0.15) is 0 Å². The van der Waals surface area contributed by atoms with Crippen LogP contribution in [0.5, 0.6) is 0 Å². The van der Waals surface area contributed by atoms with E-state index in [0.717, 1.165) is 16.8 Å². The minimum Gasteiger partial charge on any atom is -0.333 e. The molecular formula is C16H16ClN3O. The molecule has 1 aromatic heterocycles. The topological polar surface area (TPSA) is 46.1 Å². The largest absolute Gasteiger partial charge is 0.333 e. The zero-order chi connectivity index (χ0) is 15.4. The van der Waals surface area contributed by atoms with Crippen LogP contribution in [-0.2, 0) is 17.8 Å². The van der Waals surface area contributed by atoms with Gasteiger partial charge in [-0.3, -0.25) is 4.79 Å². The van der Waals surface area contributed by atoms with Crippen molar-refractivity contribution in [2.45, 2.75) is 13.0 Å². The smallest absolute Gasteiger partial charge is 0.246 e. The van der Waals surface area contributed by atoms with Crippen LogP contribution in [-0.4, -0.2) is 27.3 Å². The minimum absolute atomic E-state index is 0.109. The zero-order valence-electron chi connectivity index (χ0n) is 11.7. The van der Waals surface area contributed by atoms with Gasteiger partial charge < -0.3 is 4.90 Å². The van der Waals surface area contributed by atoms with E-state index in [9.17, 15) is 4.79 Å². The molecular weight excluding hydrogens is 286 g/mol. The molecule has 21 heavy (non-hydrogen) atoms. The summed E-state index contributed by atoms with van der Waals surface area (Å²) in [5, 5.41) is 0.428. The van der Waals surface area contributed by atoms with Crippen LogP contribution in [0.25, 0.3) is 5.57 Å². The third-order valence-electron chi connectivity index (χ3n) is 3.28. The second-order valence-corrected chi connectivity index (χ2v) is 4.90. The van der Waals surface area contributed by atoms with Gasteiger partial charge in [0.15, 0.2) is 5.82 Å². The summed E-state index contributed by atoms with van der Waals surface area (Å²) in [7, 11) is 0. The van der Waals surface area contributed by atoms with Crippen molar-refractivity contribution in [3.8, 4) is 0 Å². The molecule has 0 fully saturated rings. The molecule has 0 spiro atoms. The van der Waals surface area contributed by atoms with Gasteiger partial charge >= 0.3 is 0 Å². The number of hydrogen-bond acceptors (Lipinski definition) is 3. The molecule has 0 saturated heterocycles. The Kier molecular flexibility index (Phi) is 4.70. The van der Waals surface area contributed by atoms with Gasteiger partial charge in [0.1, 0.15) is 5.15 Å². The van der Waals surface area contributed by atoms with Crippen LogP contribution in [0.3, 0.4) is 0 Å². The lowest BCUT2D eigenvalue weighted by Gasteiger charge is -2.27. The molecule has 0 saturated carbocycles. The Bertz CT molecular complexity index is 649.